The lowest BCUT2D eigenvalue weighted by atomic mass is 9.85. The number of aliphatic hydroxyl groups is 4. The Morgan fingerprint density at radius 1 is 1.25 bits per heavy atom. The second kappa shape index (κ2) is 3.53. The number of rotatable bonds is 1. The molecule has 1 rings (SSSR count). The van der Waals surface area contributed by atoms with Crippen molar-refractivity contribution in [2.75, 3.05) is 6.61 Å². The van der Waals surface area contributed by atoms with Crippen LogP contribution in [-0.4, -0.2) is 45.3 Å². The largest absolute Gasteiger partial charge is 0.392 e. The molecule has 0 spiro atoms. The Kier molecular flexibility index (Phi) is 2.85. The average Bonchev–Trinajstić information content (AvgIpc) is 2.08. The zero-order valence-corrected chi connectivity index (χ0v) is 6.88. The van der Waals surface area contributed by atoms with E-state index in [-0.39, 0.29) is 12.5 Å². The van der Waals surface area contributed by atoms with Crippen LogP contribution in [-0.2, 0) is 0 Å². The van der Waals surface area contributed by atoms with E-state index in [0.29, 0.717) is 5.57 Å². The Bertz CT molecular complexity index is 189. The molecule has 70 valence electrons. The molecule has 0 radical (unpaired) electrons. The Morgan fingerprint density at radius 2 is 1.83 bits per heavy atom. The van der Waals surface area contributed by atoms with Crippen LogP contribution in [0.3, 0.4) is 0 Å². The monoisotopic (exact) mass is 174 g/mol. The fourth-order valence-corrected chi connectivity index (χ4v) is 1.40. The van der Waals surface area contributed by atoms with Gasteiger partial charge in [-0.1, -0.05) is 13.0 Å². The van der Waals surface area contributed by atoms with E-state index < -0.39 is 18.3 Å². The van der Waals surface area contributed by atoms with Crippen molar-refractivity contribution in [2.45, 2.75) is 25.2 Å². The van der Waals surface area contributed by atoms with Gasteiger partial charge < -0.3 is 20.4 Å². The standard InChI is InChI=1S/C8H14O4/c1-4-2-5(3-9)7(11)8(12)6(4)10/h2,4,6-12H,3H2,1H3/t4-,6?,7?,8-/m1/s1. The minimum absolute atomic E-state index is 0.231. The van der Waals surface area contributed by atoms with E-state index in [1.54, 1.807) is 13.0 Å². The predicted octanol–water partition coefficient (Wildman–Crippen LogP) is -1.36. The van der Waals surface area contributed by atoms with Gasteiger partial charge in [-0.3, -0.25) is 0 Å². The summed E-state index contributed by atoms with van der Waals surface area (Å²) in [6.07, 6.45) is -1.69. The van der Waals surface area contributed by atoms with E-state index in [0.717, 1.165) is 0 Å². The molecule has 0 fully saturated rings. The van der Waals surface area contributed by atoms with Crippen LogP contribution in [0.5, 0.6) is 0 Å². The topological polar surface area (TPSA) is 80.9 Å². The molecule has 0 aromatic heterocycles. The fourth-order valence-electron chi connectivity index (χ4n) is 1.40. The summed E-state index contributed by atoms with van der Waals surface area (Å²) in [5.41, 5.74) is 0.375. The molecule has 0 aromatic carbocycles. The van der Waals surface area contributed by atoms with Crippen LogP contribution in [0.15, 0.2) is 11.6 Å². The van der Waals surface area contributed by atoms with Crippen molar-refractivity contribution in [3.63, 3.8) is 0 Å². The minimum Gasteiger partial charge on any atom is -0.392 e. The lowest BCUT2D eigenvalue weighted by molar-refractivity contribution is -0.0699. The van der Waals surface area contributed by atoms with Crippen LogP contribution in [0.4, 0.5) is 0 Å². The average molecular weight is 174 g/mol. The van der Waals surface area contributed by atoms with Gasteiger partial charge in [0.05, 0.1) is 12.7 Å². The minimum atomic E-state index is -1.19. The maximum atomic E-state index is 9.29. The summed E-state index contributed by atoms with van der Waals surface area (Å²) < 4.78 is 0. The van der Waals surface area contributed by atoms with E-state index in [1.807, 2.05) is 0 Å². The predicted molar refractivity (Wildman–Crippen MR) is 42.4 cm³/mol. The van der Waals surface area contributed by atoms with E-state index in [4.69, 9.17) is 5.11 Å². The van der Waals surface area contributed by atoms with Crippen LogP contribution < -0.4 is 0 Å². The number of hydrogen-bond donors (Lipinski definition) is 4. The van der Waals surface area contributed by atoms with Crippen molar-refractivity contribution in [2.24, 2.45) is 5.92 Å². The molecular weight excluding hydrogens is 160 g/mol. The second-order valence-corrected chi connectivity index (χ2v) is 3.18. The molecule has 0 amide bonds. The molecule has 12 heavy (non-hydrogen) atoms. The molecule has 4 heteroatoms. The summed E-state index contributed by atoms with van der Waals surface area (Å²) in [6, 6.07) is 0. The van der Waals surface area contributed by atoms with Crippen LogP contribution in [0, 0.1) is 5.92 Å². The highest BCUT2D eigenvalue weighted by Gasteiger charge is 2.34. The molecule has 4 atom stereocenters. The van der Waals surface area contributed by atoms with Gasteiger partial charge in [0.2, 0.25) is 0 Å². The molecule has 1 aliphatic carbocycles. The molecule has 0 saturated heterocycles. The Labute approximate surface area is 70.8 Å². The Balaban J connectivity index is 2.84. The van der Waals surface area contributed by atoms with Crippen molar-refractivity contribution in [1.29, 1.82) is 0 Å². The number of hydrogen-bond acceptors (Lipinski definition) is 4. The van der Waals surface area contributed by atoms with Gasteiger partial charge in [-0.25, -0.2) is 0 Å². The second-order valence-electron chi connectivity index (χ2n) is 3.18. The van der Waals surface area contributed by atoms with Gasteiger partial charge in [-0.2, -0.15) is 0 Å². The van der Waals surface area contributed by atoms with Crippen LogP contribution in [0.25, 0.3) is 0 Å². The van der Waals surface area contributed by atoms with Gasteiger partial charge in [0, 0.05) is 5.92 Å². The Hall–Kier alpha value is -0.420. The summed E-state index contributed by atoms with van der Waals surface area (Å²) in [6.45, 7) is 1.44. The maximum Gasteiger partial charge on any atom is 0.110 e. The van der Waals surface area contributed by atoms with Gasteiger partial charge >= 0.3 is 0 Å². The van der Waals surface area contributed by atoms with Gasteiger partial charge in [-0.05, 0) is 5.57 Å². The van der Waals surface area contributed by atoms with E-state index in [1.165, 1.54) is 0 Å². The van der Waals surface area contributed by atoms with Crippen LogP contribution in [0.2, 0.25) is 0 Å². The molecule has 2 unspecified atom stereocenters. The van der Waals surface area contributed by atoms with Crippen molar-refractivity contribution in [3.05, 3.63) is 11.6 Å². The summed E-state index contributed by atoms with van der Waals surface area (Å²) in [7, 11) is 0. The smallest absolute Gasteiger partial charge is 0.110 e. The third-order valence-corrected chi connectivity index (χ3v) is 2.25. The van der Waals surface area contributed by atoms with Crippen molar-refractivity contribution in [1.82, 2.24) is 0 Å². The van der Waals surface area contributed by atoms with Crippen LogP contribution in [0.1, 0.15) is 6.92 Å². The maximum absolute atomic E-state index is 9.29. The van der Waals surface area contributed by atoms with Crippen molar-refractivity contribution in [3.8, 4) is 0 Å². The lowest BCUT2D eigenvalue weighted by Crippen LogP contribution is -2.45. The molecule has 0 aromatic rings. The molecule has 0 aliphatic heterocycles. The third kappa shape index (κ3) is 1.51. The first-order valence-electron chi connectivity index (χ1n) is 3.93. The normalized spacial score (nSPS) is 42.6. The van der Waals surface area contributed by atoms with E-state index in [2.05, 4.69) is 0 Å². The van der Waals surface area contributed by atoms with E-state index in [9.17, 15) is 15.3 Å². The number of aliphatic hydroxyl groups excluding tert-OH is 4. The molecule has 4 N–H and O–H groups in total. The SMILES string of the molecule is C[C@@H]1C=C(CO)C(O)[C@H](O)C1O. The first kappa shape index (κ1) is 9.67. The Morgan fingerprint density at radius 3 is 2.33 bits per heavy atom. The first-order chi connectivity index (χ1) is 5.57. The molecule has 0 heterocycles. The quantitative estimate of drug-likeness (QED) is 0.370. The first-order valence-corrected chi connectivity index (χ1v) is 3.93. The molecular formula is C8H14O4. The van der Waals surface area contributed by atoms with Gasteiger partial charge in [0.1, 0.15) is 12.2 Å². The highest BCUT2D eigenvalue weighted by Crippen LogP contribution is 2.23. The lowest BCUT2D eigenvalue weighted by Gasteiger charge is -2.32. The molecule has 4 nitrogen and oxygen atoms in total. The molecule has 1 aliphatic rings. The van der Waals surface area contributed by atoms with Crippen molar-refractivity contribution < 1.29 is 20.4 Å². The van der Waals surface area contributed by atoms with Crippen LogP contribution >= 0.6 is 0 Å². The molecule has 0 bridgehead atoms. The summed E-state index contributed by atoms with van der Waals surface area (Å²) in [5, 5.41) is 36.6. The van der Waals surface area contributed by atoms with Gasteiger partial charge in [0.25, 0.3) is 0 Å². The van der Waals surface area contributed by atoms with Gasteiger partial charge in [-0.15, -0.1) is 0 Å². The summed E-state index contributed by atoms with van der Waals surface area (Å²) in [5.74, 6) is -0.231. The summed E-state index contributed by atoms with van der Waals surface area (Å²) >= 11 is 0. The third-order valence-electron chi connectivity index (χ3n) is 2.25. The highest BCUT2D eigenvalue weighted by atomic mass is 16.4. The highest BCUT2D eigenvalue weighted by molar-refractivity contribution is 5.18. The zero-order valence-electron chi connectivity index (χ0n) is 6.88. The zero-order chi connectivity index (χ0) is 9.30. The summed E-state index contributed by atoms with van der Waals surface area (Å²) in [4.78, 5) is 0. The van der Waals surface area contributed by atoms with Crippen molar-refractivity contribution >= 4 is 0 Å². The van der Waals surface area contributed by atoms with E-state index >= 15 is 0 Å². The van der Waals surface area contributed by atoms with Gasteiger partial charge in [0.15, 0.2) is 0 Å². The molecule has 0 saturated carbocycles. The fraction of sp³-hybridized carbons (Fsp3) is 0.750.